The van der Waals surface area contributed by atoms with Crippen LogP contribution in [0.5, 0.6) is 0 Å². The second-order valence-corrected chi connectivity index (χ2v) is 6.53. The van der Waals surface area contributed by atoms with Crippen LogP contribution in [0, 0.1) is 5.82 Å². The summed E-state index contributed by atoms with van der Waals surface area (Å²) < 4.78 is 39.5. The lowest BCUT2D eigenvalue weighted by Gasteiger charge is -2.13. The van der Waals surface area contributed by atoms with Crippen molar-refractivity contribution >= 4 is 21.6 Å². The van der Waals surface area contributed by atoms with E-state index in [1.54, 1.807) is 18.2 Å². The first-order valence-corrected chi connectivity index (χ1v) is 7.94. The van der Waals surface area contributed by atoms with Crippen LogP contribution in [0.4, 0.5) is 4.39 Å². The lowest BCUT2D eigenvalue weighted by atomic mass is 10.1. The van der Waals surface area contributed by atoms with E-state index in [2.05, 4.69) is 4.72 Å². The molecular weight excluding hydrogens is 317 g/mol. The number of hydrogen-bond donors (Lipinski definition) is 2. The summed E-state index contributed by atoms with van der Waals surface area (Å²) in [5, 5.41) is 9.85. The Bertz CT molecular complexity index is 722. The van der Waals surface area contributed by atoms with Crippen LogP contribution in [0.15, 0.2) is 53.4 Å². The molecule has 2 aromatic rings. The minimum absolute atomic E-state index is 0.0594. The summed E-state index contributed by atoms with van der Waals surface area (Å²) in [7, 11) is -3.71. The quantitative estimate of drug-likeness (QED) is 0.885. The number of nitrogens with one attached hydrogen (secondary N) is 1. The number of hydrogen-bond acceptors (Lipinski definition) is 3. The second-order valence-electron chi connectivity index (χ2n) is 4.35. The zero-order chi connectivity index (χ0) is 15.5. The molecule has 2 N–H and O–H groups in total. The molecule has 0 radical (unpaired) electrons. The highest BCUT2D eigenvalue weighted by Gasteiger charge is 2.17. The maximum Gasteiger partial charge on any atom is 0.240 e. The van der Waals surface area contributed by atoms with E-state index in [1.807, 2.05) is 0 Å². The Balaban J connectivity index is 2.07. The zero-order valence-corrected chi connectivity index (χ0v) is 12.4. The molecule has 0 amide bonds. The smallest absolute Gasteiger partial charge is 0.240 e. The van der Waals surface area contributed by atoms with E-state index in [0.29, 0.717) is 0 Å². The maximum atomic E-state index is 13.3. The molecule has 0 aliphatic carbocycles. The summed E-state index contributed by atoms with van der Waals surface area (Å²) in [4.78, 5) is 0.0967. The highest BCUT2D eigenvalue weighted by molar-refractivity contribution is 7.89. The van der Waals surface area contributed by atoms with Crippen LogP contribution >= 0.6 is 11.6 Å². The molecule has 7 heteroatoms. The molecule has 0 bridgehead atoms. The van der Waals surface area contributed by atoms with Gasteiger partial charge < -0.3 is 5.11 Å². The van der Waals surface area contributed by atoms with Crippen molar-refractivity contribution in [3.05, 3.63) is 64.9 Å². The van der Waals surface area contributed by atoms with Crippen LogP contribution < -0.4 is 4.72 Å². The predicted octanol–water partition coefficient (Wildman–Crippen LogP) is 2.49. The first-order valence-electron chi connectivity index (χ1n) is 6.08. The van der Waals surface area contributed by atoms with Crippen LogP contribution in [-0.4, -0.2) is 20.1 Å². The summed E-state index contributed by atoms with van der Waals surface area (Å²) >= 11 is 5.55. The van der Waals surface area contributed by atoms with Crippen molar-refractivity contribution in [3.8, 4) is 0 Å². The molecule has 4 nitrogen and oxygen atoms in total. The fourth-order valence-corrected chi connectivity index (χ4v) is 2.89. The Kier molecular flexibility index (Phi) is 4.95. The monoisotopic (exact) mass is 329 g/mol. The minimum atomic E-state index is -3.71. The predicted molar refractivity (Wildman–Crippen MR) is 78.0 cm³/mol. The van der Waals surface area contributed by atoms with Crippen molar-refractivity contribution in [2.24, 2.45) is 0 Å². The molecule has 0 heterocycles. The average molecular weight is 330 g/mol. The van der Waals surface area contributed by atoms with Crippen LogP contribution in [0.25, 0.3) is 0 Å². The number of halogens is 2. The van der Waals surface area contributed by atoms with Gasteiger partial charge in [-0.3, -0.25) is 0 Å². The molecular formula is C14H13ClFNO3S. The van der Waals surface area contributed by atoms with Gasteiger partial charge in [0.1, 0.15) is 5.82 Å². The van der Waals surface area contributed by atoms with Gasteiger partial charge in [-0.05, 0) is 29.8 Å². The van der Waals surface area contributed by atoms with E-state index in [0.717, 1.165) is 6.07 Å². The number of benzene rings is 2. The summed E-state index contributed by atoms with van der Waals surface area (Å²) in [6.07, 6.45) is -1.17. The van der Waals surface area contributed by atoms with Gasteiger partial charge in [0.05, 0.1) is 16.0 Å². The molecule has 0 aliphatic heterocycles. The van der Waals surface area contributed by atoms with E-state index in [4.69, 9.17) is 11.6 Å². The van der Waals surface area contributed by atoms with Crippen molar-refractivity contribution in [1.82, 2.24) is 4.72 Å². The van der Waals surface area contributed by atoms with Crippen LogP contribution in [-0.2, 0) is 10.0 Å². The minimum Gasteiger partial charge on any atom is -0.387 e. The second kappa shape index (κ2) is 6.53. The van der Waals surface area contributed by atoms with Crippen LogP contribution in [0.2, 0.25) is 5.02 Å². The first kappa shape index (κ1) is 15.9. The highest BCUT2D eigenvalue weighted by Crippen LogP contribution is 2.20. The topological polar surface area (TPSA) is 66.4 Å². The van der Waals surface area contributed by atoms with Crippen LogP contribution in [0.1, 0.15) is 11.7 Å². The largest absolute Gasteiger partial charge is 0.387 e. The Morgan fingerprint density at radius 3 is 2.48 bits per heavy atom. The molecule has 1 unspecified atom stereocenters. The van der Waals surface area contributed by atoms with Gasteiger partial charge in [-0.25, -0.2) is 17.5 Å². The van der Waals surface area contributed by atoms with E-state index in [1.165, 1.54) is 24.3 Å². The number of sulfonamides is 1. The summed E-state index contributed by atoms with van der Waals surface area (Å²) in [5.41, 5.74) is 0.243. The van der Waals surface area contributed by atoms with Gasteiger partial charge in [-0.1, -0.05) is 35.9 Å². The number of aliphatic hydroxyl groups is 1. The third kappa shape index (κ3) is 4.01. The van der Waals surface area contributed by atoms with Gasteiger partial charge >= 0.3 is 0 Å². The molecule has 0 fully saturated rings. The van der Waals surface area contributed by atoms with Gasteiger partial charge in [-0.2, -0.15) is 0 Å². The van der Waals surface area contributed by atoms with Crippen molar-refractivity contribution in [2.75, 3.05) is 6.54 Å². The molecule has 0 saturated carbocycles. The molecule has 0 saturated heterocycles. The van der Waals surface area contributed by atoms with Gasteiger partial charge in [0.2, 0.25) is 10.0 Å². The number of aliphatic hydroxyl groups excluding tert-OH is 1. The standard InChI is InChI=1S/C14H13ClFNO3S/c15-12-7-6-10(8-13(12)16)14(18)9-17-21(19,20)11-4-2-1-3-5-11/h1-8,14,17-18H,9H2. The molecule has 0 spiro atoms. The fraction of sp³-hybridized carbons (Fsp3) is 0.143. The van der Waals surface area contributed by atoms with Gasteiger partial charge in [0.15, 0.2) is 0 Å². The molecule has 2 aromatic carbocycles. The average Bonchev–Trinajstić information content (AvgIpc) is 2.48. The Morgan fingerprint density at radius 2 is 1.86 bits per heavy atom. The van der Waals surface area contributed by atoms with E-state index >= 15 is 0 Å². The van der Waals surface area contributed by atoms with Gasteiger partial charge in [0.25, 0.3) is 0 Å². The first-order chi connectivity index (χ1) is 9.90. The summed E-state index contributed by atoms with van der Waals surface area (Å²) in [5.74, 6) is -0.667. The number of rotatable bonds is 5. The molecule has 21 heavy (non-hydrogen) atoms. The normalized spacial score (nSPS) is 13.1. The van der Waals surface area contributed by atoms with Crippen LogP contribution in [0.3, 0.4) is 0 Å². The molecule has 0 aromatic heterocycles. The molecule has 0 aliphatic rings. The summed E-state index contributed by atoms with van der Waals surface area (Å²) in [6.45, 7) is -0.266. The third-order valence-electron chi connectivity index (χ3n) is 2.85. The Labute approximate surface area is 127 Å². The van der Waals surface area contributed by atoms with Crippen molar-refractivity contribution in [2.45, 2.75) is 11.0 Å². The van der Waals surface area contributed by atoms with E-state index < -0.39 is 21.9 Å². The van der Waals surface area contributed by atoms with E-state index in [9.17, 15) is 17.9 Å². The molecule has 2 rings (SSSR count). The van der Waals surface area contributed by atoms with E-state index in [-0.39, 0.29) is 22.0 Å². The molecule has 1 atom stereocenters. The van der Waals surface area contributed by atoms with Crippen molar-refractivity contribution in [3.63, 3.8) is 0 Å². The summed E-state index contributed by atoms with van der Waals surface area (Å²) in [6, 6.07) is 11.6. The Morgan fingerprint density at radius 1 is 1.19 bits per heavy atom. The van der Waals surface area contributed by atoms with Crippen molar-refractivity contribution in [1.29, 1.82) is 0 Å². The lowest BCUT2D eigenvalue weighted by Crippen LogP contribution is -2.28. The molecule has 112 valence electrons. The lowest BCUT2D eigenvalue weighted by molar-refractivity contribution is 0.181. The third-order valence-corrected chi connectivity index (χ3v) is 4.59. The fourth-order valence-electron chi connectivity index (χ4n) is 1.71. The SMILES string of the molecule is O=S(=O)(NCC(O)c1ccc(Cl)c(F)c1)c1ccccc1. The van der Waals surface area contributed by atoms with Gasteiger partial charge in [-0.15, -0.1) is 0 Å². The maximum absolute atomic E-state index is 13.3. The highest BCUT2D eigenvalue weighted by atomic mass is 35.5. The zero-order valence-electron chi connectivity index (χ0n) is 10.8. The van der Waals surface area contributed by atoms with Gasteiger partial charge in [0, 0.05) is 6.54 Å². The van der Waals surface area contributed by atoms with Crippen molar-refractivity contribution < 1.29 is 17.9 Å². The Hall–Kier alpha value is -1.47.